The van der Waals surface area contributed by atoms with E-state index in [0.29, 0.717) is 11.6 Å². The Labute approximate surface area is 126 Å². The molecular weight excluding hydrogens is 262 g/mol. The predicted octanol–water partition coefficient (Wildman–Crippen LogP) is 3.44. The molecule has 4 heteroatoms. The van der Waals surface area contributed by atoms with E-state index in [1.807, 2.05) is 24.4 Å². The Balaban J connectivity index is 0.000000235. The Morgan fingerprint density at radius 1 is 1.10 bits per heavy atom. The monoisotopic (exact) mass is 283 g/mol. The van der Waals surface area contributed by atoms with Crippen molar-refractivity contribution in [2.45, 2.75) is 20.3 Å². The van der Waals surface area contributed by atoms with Gasteiger partial charge in [0.25, 0.3) is 0 Å². The minimum absolute atomic E-state index is 0.479. The van der Waals surface area contributed by atoms with Gasteiger partial charge < -0.3 is 0 Å². The van der Waals surface area contributed by atoms with Gasteiger partial charge in [-0.3, -0.25) is 19.8 Å². The maximum absolute atomic E-state index is 9.94. The first-order valence-electron chi connectivity index (χ1n) is 7.03. The number of aliphatic imine (C=N–C) groups is 1. The molecule has 0 saturated heterocycles. The topological polar surface area (TPSA) is 55.2 Å². The largest absolute Gasteiger partial charge is 0.296 e. The molecule has 1 atom stereocenters. The summed E-state index contributed by atoms with van der Waals surface area (Å²) in [5.74, 6) is 0.667. The predicted molar refractivity (Wildman–Crippen MR) is 85.8 cm³/mol. The zero-order valence-electron chi connectivity index (χ0n) is 12.5. The summed E-state index contributed by atoms with van der Waals surface area (Å²) < 4.78 is 0. The lowest BCUT2D eigenvalue weighted by molar-refractivity contribution is 0.111. The molecular formula is C17H21N3O. The fraction of sp³-hybridized carbons (Fsp3) is 0.294. The van der Waals surface area contributed by atoms with E-state index < -0.39 is 0 Å². The van der Waals surface area contributed by atoms with Crippen LogP contribution in [0.5, 0.6) is 0 Å². The lowest BCUT2D eigenvalue weighted by Crippen LogP contribution is -1.97. The fourth-order valence-corrected chi connectivity index (χ4v) is 1.35. The lowest BCUT2D eigenvalue weighted by atomic mass is 10.1. The number of nitrogens with zero attached hydrogens (tertiary/aromatic N) is 3. The first-order chi connectivity index (χ1) is 10.3. The van der Waals surface area contributed by atoms with Crippen LogP contribution in [0.25, 0.3) is 0 Å². The Morgan fingerprint density at radius 2 is 1.71 bits per heavy atom. The van der Waals surface area contributed by atoms with Gasteiger partial charge in [-0.2, -0.15) is 0 Å². The molecule has 0 fully saturated rings. The highest BCUT2D eigenvalue weighted by molar-refractivity contribution is 5.76. The van der Waals surface area contributed by atoms with Gasteiger partial charge in [-0.05, 0) is 30.2 Å². The van der Waals surface area contributed by atoms with Crippen LogP contribution >= 0.6 is 0 Å². The van der Waals surface area contributed by atoms with Gasteiger partial charge >= 0.3 is 0 Å². The number of pyridine rings is 2. The van der Waals surface area contributed by atoms with Crippen molar-refractivity contribution in [3.8, 4) is 0 Å². The van der Waals surface area contributed by atoms with E-state index in [0.717, 1.165) is 18.5 Å². The van der Waals surface area contributed by atoms with Crippen LogP contribution in [-0.4, -0.2) is 29.0 Å². The molecule has 4 nitrogen and oxygen atoms in total. The summed E-state index contributed by atoms with van der Waals surface area (Å²) in [7, 11) is 0. The average Bonchev–Trinajstić information content (AvgIpc) is 2.57. The molecule has 0 aliphatic rings. The van der Waals surface area contributed by atoms with E-state index in [9.17, 15) is 4.79 Å². The molecule has 2 aromatic rings. The SMILES string of the molecule is CCC(C)CN=Cc1ccccn1.O=Cc1ccccn1. The van der Waals surface area contributed by atoms with E-state index in [2.05, 4.69) is 28.8 Å². The van der Waals surface area contributed by atoms with E-state index in [1.165, 1.54) is 6.42 Å². The maximum Gasteiger partial charge on any atom is 0.168 e. The van der Waals surface area contributed by atoms with Crippen LogP contribution in [0, 0.1) is 5.92 Å². The van der Waals surface area contributed by atoms with Gasteiger partial charge in [0.1, 0.15) is 5.69 Å². The molecule has 2 rings (SSSR count). The third-order valence-corrected chi connectivity index (χ3v) is 2.83. The standard InChI is InChI=1S/C11H16N2.C6H5NO/c1-3-10(2)8-12-9-11-6-4-5-7-13-11;8-5-6-3-1-2-4-7-6/h4-7,9-10H,3,8H2,1-2H3;1-5H. The van der Waals surface area contributed by atoms with Crippen LogP contribution in [-0.2, 0) is 0 Å². The zero-order chi connectivity index (χ0) is 15.3. The van der Waals surface area contributed by atoms with E-state index in [1.54, 1.807) is 30.6 Å². The smallest absolute Gasteiger partial charge is 0.168 e. The molecule has 0 saturated carbocycles. The van der Waals surface area contributed by atoms with Gasteiger partial charge in [0.2, 0.25) is 0 Å². The third kappa shape index (κ3) is 7.72. The van der Waals surface area contributed by atoms with E-state index >= 15 is 0 Å². The second-order valence-electron chi connectivity index (χ2n) is 4.63. The van der Waals surface area contributed by atoms with Crippen molar-refractivity contribution >= 4 is 12.5 Å². The van der Waals surface area contributed by atoms with Crippen LogP contribution in [0.3, 0.4) is 0 Å². The van der Waals surface area contributed by atoms with Crippen molar-refractivity contribution in [2.75, 3.05) is 6.54 Å². The Hall–Kier alpha value is -2.36. The van der Waals surface area contributed by atoms with Gasteiger partial charge in [0.05, 0.1) is 5.69 Å². The van der Waals surface area contributed by atoms with Crippen LogP contribution in [0.1, 0.15) is 36.5 Å². The summed E-state index contributed by atoms with van der Waals surface area (Å²) in [6.07, 6.45) is 7.11. The van der Waals surface area contributed by atoms with Gasteiger partial charge in [0.15, 0.2) is 6.29 Å². The van der Waals surface area contributed by atoms with Crippen molar-refractivity contribution in [1.29, 1.82) is 0 Å². The maximum atomic E-state index is 9.94. The number of aldehydes is 1. The summed E-state index contributed by atoms with van der Waals surface area (Å²) in [5, 5.41) is 0. The third-order valence-electron chi connectivity index (χ3n) is 2.83. The van der Waals surface area contributed by atoms with Crippen molar-refractivity contribution in [2.24, 2.45) is 10.9 Å². The molecule has 0 bridgehead atoms. The molecule has 21 heavy (non-hydrogen) atoms. The number of hydrogen-bond donors (Lipinski definition) is 0. The van der Waals surface area contributed by atoms with Gasteiger partial charge in [-0.1, -0.05) is 32.4 Å². The molecule has 0 spiro atoms. The van der Waals surface area contributed by atoms with Gasteiger partial charge in [0, 0.05) is 25.2 Å². The molecule has 0 aliphatic carbocycles. The first-order valence-corrected chi connectivity index (χ1v) is 7.03. The fourth-order valence-electron chi connectivity index (χ4n) is 1.35. The summed E-state index contributed by atoms with van der Waals surface area (Å²) in [5.41, 5.74) is 1.42. The summed E-state index contributed by atoms with van der Waals surface area (Å²) >= 11 is 0. The molecule has 0 radical (unpaired) electrons. The number of aromatic nitrogens is 2. The van der Waals surface area contributed by atoms with Crippen LogP contribution in [0.2, 0.25) is 0 Å². The van der Waals surface area contributed by atoms with Crippen LogP contribution < -0.4 is 0 Å². The first kappa shape index (κ1) is 16.7. The average molecular weight is 283 g/mol. The number of rotatable bonds is 5. The summed E-state index contributed by atoms with van der Waals surface area (Å²) in [6.45, 7) is 5.28. The Bertz CT molecular complexity index is 526. The van der Waals surface area contributed by atoms with Crippen molar-refractivity contribution in [3.63, 3.8) is 0 Å². The highest BCUT2D eigenvalue weighted by Gasteiger charge is 1.94. The van der Waals surface area contributed by atoms with Crippen molar-refractivity contribution < 1.29 is 4.79 Å². The van der Waals surface area contributed by atoms with Crippen LogP contribution in [0.15, 0.2) is 53.8 Å². The quantitative estimate of drug-likeness (QED) is 0.624. The minimum Gasteiger partial charge on any atom is -0.296 e. The van der Waals surface area contributed by atoms with E-state index in [-0.39, 0.29) is 0 Å². The van der Waals surface area contributed by atoms with Gasteiger partial charge in [-0.25, -0.2) is 0 Å². The molecule has 2 aromatic heterocycles. The number of carbonyl (C=O) groups is 1. The molecule has 2 heterocycles. The Kier molecular flexibility index (Phi) is 8.29. The molecule has 0 amide bonds. The highest BCUT2D eigenvalue weighted by atomic mass is 16.1. The van der Waals surface area contributed by atoms with Crippen molar-refractivity contribution in [1.82, 2.24) is 9.97 Å². The second kappa shape index (κ2) is 10.4. The zero-order valence-corrected chi connectivity index (χ0v) is 12.5. The van der Waals surface area contributed by atoms with Crippen molar-refractivity contribution in [3.05, 3.63) is 60.2 Å². The highest BCUT2D eigenvalue weighted by Crippen LogP contribution is 2.00. The van der Waals surface area contributed by atoms with Crippen LogP contribution in [0.4, 0.5) is 0 Å². The molecule has 0 aliphatic heterocycles. The lowest BCUT2D eigenvalue weighted by Gasteiger charge is -2.01. The number of hydrogen-bond acceptors (Lipinski definition) is 4. The molecule has 0 aromatic carbocycles. The molecule has 110 valence electrons. The Morgan fingerprint density at radius 3 is 2.14 bits per heavy atom. The van der Waals surface area contributed by atoms with E-state index in [4.69, 9.17) is 0 Å². The number of carbonyl (C=O) groups excluding carboxylic acids is 1. The normalized spacial score (nSPS) is 11.5. The van der Waals surface area contributed by atoms with Gasteiger partial charge in [-0.15, -0.1) is 0 Å². The minimum atomic E-state index is 0.479. The molecule has 1 unspecified atom stereocenters. The molecule has 0 N–H and O–H groups in total. The summed E-state index contributed by atoms with van der Waals surface area (Å²) in [4.78, 5) is 22.2. The summed E-state index contributed by atoms with van der Waals surface area (Å²) in [6, 6.07) is 11.0. The second-order valence-corrected chi connectivity index (χ2v) is 4.63.